The molecule has 0 spiro atoms. The number of methoxy groups -OCH3 is 1. The van der Waals surface area contributed by atoms with Crippen LogP contribution in [0.3, 0.4) is 0 Å². The minimum absolute atomic E-state index is 0.00339. The fraction of sp³-hybridized carbons (Fsp3) is 0.0625. The first kappa shape index (κ1) is 17.5. The number of nitrogens with zero attached hydrogens (tertiary/aromatic N) is 1. The van der Waals surface area contributed by atoms with Gasteiger partial charge in [-0.3, -0.25) is 0 Å². The van der Waals surface area contributed by atoms with Gasteiger partial charge in [0.2, 0.25) is 9.84 Å². The van der Waals surface area contributed by atoms with Gasteiger partial charge in [0, 0.05) is 15.1 Å². The van der Waals surface area contributed by atoms with Crippen molar-refractivity contribution in [3.8, 4) is 11.8 Å². The zero-order valence-electron chi connectivity index (χ0n) is 12.0. The van der Waals surface area contributed by atoms with Crippen LogP contribution in [0.5, 0.6) is 5.75 Å². The first-order chi connectivity index (χ1) is 10.9. The molecular weight excluding hydrogens is 402 g/mol. The minimum Gasteiger partial charge on any atom is -0.496 e. The topological polar surface area (TPSA) is 67.2 Å². The van der Waals surface area contributed by atoms with Gasteiger partial charge >= 0.3 is 0 Å². The van der Waals surface area contributed by atoms with Crippen LogP contribution >= 0.6 is 27.5 Å². The molecule has 0 aliphatic heterocycles. The van der Waals surface area contributed by atoms with Crippen LogP contribution in [-0.4, -0.2) is 15.5 Å². The summed E-state index contributed by atoms with van der Waals surface area (Å²) in [7, 11) is -2.46. The number of rotatable bonds is 4. The SMILES string of the molecule is COc1ccc(Br)cc1C=C(C#N)S(=O)(=O)c1ccc(Cl)cc1. The third kappa shape index (κ3) is 3.94. The Morgan fingerprint density at radius 1 is 1.26 bits per heavy atom. The number of benzene rings is 2. The maximum atomic E-state index is 12.6. The molecule has 0 N–H and O–H groups in total. The standard InChI is InChI=1S/C16H11BrClNO3S/c1-22-16-7-2-12(17)8-11(16)9-15(10-19)23(20,21)14-5-3-13(18)4-6-14/h2-9H,1H3. The Bertz CT molecular complexity index is 900. The van der Waals surface area contributed by atoms with E-state index in [1.165, 1.54) is 37.5 Å². The molecular formula is C16H11BrClNO3S. The molecule has 0 saturated heterocycles. The molecule has 0 aliphatic rings. The highest BCUT2D eigenvalue weighted by molar-refractivity contribution is 9.10. The second kappa shape index (κ2) is 7.18. The molecule has 0 amide bonds. The lowest BCUT2D eigenvalue weighted by Gasteiger charge is -2.07. The summed E-state index contributed by atoms with van der Waals surface area (Å²) in [5.74, 6) is 0.465. The van der Waals surface area contributed by atoms with E-state index in [0.717, 1.165) is 4.47 Å². The summed E-state index contributed by atoms with van der Waals surface area (Å²) in [6.07, 6.45) is 1.29. The molecule has 0 atom stereocenters. The van der Waals surface area contributed by atoms with Gasteiger partial charge in [-0.05, 0) is 48.5 Å². The fourth-order valence-electron chi connectivity index (χ4n) is 1.87. The van der Waals surface area contributed by atoms with Gasteiger partial charge in [-0.1, -0.05) is 27.5 Å². The van der Waals surface area contributed by atoms with Gasteiger partial charge in [0.1, 0.15) is 16.7 Å². The molecule has 0 aromatic heterocycles. The number of allylic oxidation sites excluding steroid dienone is 1. The molecule has 2 rings (SSSR count). The lowest BCUT2D eigenvalue weighted by Crippen LogP contribution is -2.03. The molecule has 0 radical (unpaired) electrons. The maximum absolute atomic E-state index is 12.6. The summed E-state index contributed by atoms with van der Waals surface area (Å²) in [4.78, 5) is -0.375. The van der Waals surface area contributed by atoms with Crippen LogP contribution < -0.4 is 4.74 Å². The van der Waals surface area contributed by atoms with Crippen LogP contribution in [0.1, 0.15) is 5.56 Å². The molecule has 4 nitrogen and oxygen atoms in total. The Hall–Kier alpha value is -1.81. The summed E-state index contributed by atoms with van der Waals surface area (Å²) in [6.45, 7) is 0. The Kier molecular flexibility index (Phi) is 5.47. The van der Waals surface area contributed by atoms with Crippen molar-refractivity contribution < 1.29 is 13.2 Å². The highest BCUT2D eigenvalue weighted by atomic mass is 79.9. The first-order valence-corrected chi connectivity index (χ1v) is 9.00. The first-order valence-electron chi connectivity index (χ1n) is 6.34. The number of ether oxygens (including phenoxy) is 1. The van der Waals surface area contributed by atoms with E-state index in [2.05, 4.69) is 15.9 Å². The Labute approximate surface area is 148 Å². The third-order valence-electron chi connectivity index (χ3n) is 3.00. The monoisotopic (exact) mass is 411 g/mol. The molecule has 0 heterocycles. The zero-order chi connectivity index (χ0) is 17.0. The van der Waals surface area contributed by atoms with Gasteiger partial charge in [-0.2, -0.15) is 5.26 Å². The lowest BCUT2D eigenvalue weighted by molar-refractivity contribution is 0.414. The second-order valence-electron chi connectivity index (χ2n) is 4.46. The molecule has 2 aromatic rings. The number of hydrogen-bond acceptors (Lipinski definition) is 4. The van der Waals surface area contributed by atoms with Crippen LogP contribution in [0.4, 0.5) is 0 Å². The highest BCUT2D eigenvalue weighted by Crippen LogP contribution is 2.28. The van der Waals surface area contributed by atoms with Crippen LogP contribution in [-0.2, 0) is 9.84 Å². The zero-order valence-corrected chi connectivity index (χ0v) is 15.1. The number of nitriles is 1. The van der Waals surface area contributed by atoms with Crippen molar-refractivity contribution in [3.63, 3.8) is 0 Å². The Morgan fingerprint density at radius 2 is 1.91 bits per heavy atom. The summed E-state index contributed by atoms with van der Waals surface area (Å²) >= 11 is 9.07. The van der Waals surface area contributed by atoms with Crippen LogP contribution in [0, 0.1) is 11.3 Å². The molecule has 0 unspecified atom stereocenters. The molecule has 0 fully saturated rings. The molecule has 0 bridgehead atoms. The summed E-state index contributed by atoms with van der Waals surface area (Å²) in [6, 6.07) is 12.5. The third-order valence-corrected chi connectivity index (χ3v) is 5.43. The van der Waals surface area contributed by atoms with Crippen molar-refractivity contribution in [3.05, 3.63) is 62.4 Å². The number of hydrogen-bond donors (Lipinski definition) is 0. The second-order valence-corrected chi connectivity index (χ2v) is 7.73. The van der Waals surface area contributed by atoms with Crippen LogP contribution in [0.15, 0.2) is 56.7 Å². The summed E-state index contributed by atoms with van der Waals surface area (Å²) in [5.41, 5.74) is 0.482. The van der Waals surface area contributed by atoms with E-state index in [0.29, 0.717) is 16.3 Å². The fourth-order valence-corrected chi connectivity index (χ4v) is 3.53. The minimum atomic E-state index is -3.93. The largest absolute Gasteiger partial charge is 0.496 e. The van der Waals surface area contributed by atoms with E-state index >= 15 is 0 Å². The summed E-state index contributed by atoms with van der Waals surface area (Å²) < 4.78 is 31.1. The summed E-state index contributed by atoms with van der Waals surface area (Å²) in [5, 5.41) is 9.71. The van der Waals surface area contributed by atoms with E-state index in [-0.39, 0.29) is 9.80 Å². The normalized spacial score (nSPS) is 11.8. The molecule has 0 saturated carbocycles. The quantitative estimate of drug-likeness (QED) is 0.696. The average Bonchev–Trinajstić information content (AvgIpc) is 2.53. The van der Waals surface area contributed by atoms with Crippen molar-refractivity contribution in [1.82, 2.24) is 0 Å². The molecule has 0 aliphatic carbocycles. The highest BCUT2D eigenvalue weighted by Gasteiger charge is 2.21. The van der Waals surface area contributed by atoms with Crippen molar-refractivity contribution in [1.29, 1.82) is 5.26 Å². The van der Waals surface area contributed by atoms with E-state index in [9.17, 15) is 13.7 Å². The van der Waals surface area contributed by atoms with E-state index in [4.69, 9.17) is 16.3 Å². The molecule has 7 heteroatoms. The van der Waals surface area contributed by atoms with E-state index in [1.807, 2.05) is 0 Å². The van der Waals surface area contributed by atoms with Gasteiger partial charge in [0.15, 0.2) is 0 Å². The molecule has 23 heavy (non-hydrogen) atoms. The van der Waals surface area contributed by atoms with Gasteiger partial charge in [-0.15, -0.1) is 0 Å². The smallest absolute Gasteiger partial charge is 0.216 e. The van der Waals surface area contributed by atoms with Gasteiger partial charge in [-0.25, -0.2) is 8.42 Å². The van der Waals surface area contributed by atoms with Crippen molar-refractivity contribution in [2.45, 2.75) is 4.90 Å². The number of sulfone groups is 1. The van der Waals surface area contributed by atoms with Crippen molar-refractivity contribution in [2.24, 2.45) is 0 Å². The predicted molar refractivity (Wildman–Crippen MR) is 92.9 cm³/mol. The molecule has 118 valence electrons. The van der Waals surface area contributed by atoms with Crippen LogP contribution in [0.25, 0.3) is 6.08 Å². The predicted octanol–water partition coefficient (Wildman–Crippen LogP) is 4.45. The van der Waals surface area contributed by atoms with Crippen molar-refractivity contribution in [2.75, 3.05) is 7.11 Å². The van der Waals surface area contributed by atoms with Gasteiger partial charge in [0.25, 0.3) is 0 Å². The van der Waals surface area contributed by atoms with Crippen molar-refractivity contribution >= 4 is 43.4 Å². The van der Waals surface area contributed by atoms with Gasteiger partial charge in [0.05, 0.1) is 12.0 Å². The lowest BCUT2D eigenvalue weighted by atomic mass is 10.2. The Morgan fingerprint density at radius 3 is 2.48 bits per heavy atom. The maximum Gasteiger partial charge on any atom is 0.216 e. The molecule has 2 aromatic carbocycles. The van der Waals surface area contributed by atoms with E-state index in [1.54, 1.807) is 24.3 Å². The Balaban J connectivity index is 2.57. The average molecular weight is 413 g/mol. The number of halogens is 2. The van der Waals surface area contributed by atoms with E-state index < -0.39 is 9.84 Å². The van der Waals surface area contributed by atoms with Gasteiger partial charge < -0.3 is 4.74 Å². The van der Waals surface area contributed by atoms with Crippen LogP contribution in [0.2, 0.25) is 5.02 Å².